The lowest BCUT2D eigenvalue weighted by Crippen LogP contribution is -2.24. The van der Waals surface area contributed by atoms with E-state index in [0.717, 1.165) is 6.07 Å². The Morgan fingerprint density at radius 2 is 1.93 bits per heavy atom. The standard InChI is InChI=1S/C7H10N4O3S/c1-11(2)7(12)5-3-4-6(10-9-5)15(8,13)14/h3-4H,1-2H3,(H2,8,13,14). The molecule has 1 aromatic heterocycles. The molecule has 7 nitrogen and oxygen atoms in total. The summed E-state index contributed by atoms with van der Waals surface area (Å²) >= 11 is 0. The maximum absolute atomic E-state index is 11.3. The Kier molecular flexibility index (Phi) is 3.01. The molecule has 8 heteroatoms. The van der Waals surface area contributed by atoms with Crippen LogP contribution in [-0.4, -0.2) is 43.5 Å². The molecule has 1 amide bonds. The summed E-state index contributed by atoms with van der Waals surface area (Å²) in [6.45, 7) is 0. The first-order valence-electron chi connectivity index (χ1n) is 3.90. The summed E-state index contributed by atoms with van der Waals surface area (Å²) in [4.78, 5) is 12.7. The van der Waals surface area contributed by atoms with E-state index in [0.29, 0.717) is 0 Å². The van der Waals surface area contributed by atoms with Gasteiger partial charge in [0, 0.05) is 14.1 Å². The summed E-state index contributed by atoms with van der Waals surface area (Å²) in [5.74, 6) is -0.358. The Morgan fingerprint density at radius 3 is 2.27 bits per heavy atom. The van der Waals surface area contributed by atoms with Crippen LogP contribution in [0.3, 0.4) is 0 Å². The Morgan fingerprint density at radius 1 is 1.33 bits per heavy atom. The summed E-state index contributed by atoms with van der Waals surface area (Å²) in [6.07, 6.45) is 0. The third-order valence-corrected chi connectivity index (χ3v) is 2.36. The highest BCUT2D eigenvalue weighted by atomic mass is 32.2. The van der Waals surface area contributed by atoms with Gasteiger partial charge in [-0.2, -0.15) is 0 Å². The van der Waals surface area contributed by atoms with Crippen molar-refractivity contribution in [2.75, 3.05) is 14.1 Å². The number of aromatic nitrogens is 2. The van der Waals surface area contributed by atoms with Gasteiger partial charge in [-0.05, 0) is 12.1 Å². The summed E-state index contributed by atoms with van der Waals surface area (Å²) in [7, 11) is -0.758. The second-order valence-corrected chi connectivity index (χ2v) is 4.51. The molecule has 15 heavy (non-hydrogen) atoms. The Hall–Kier alpha value is -1.54. The van der Waals surface area contributed by atoms with Crippen LogP contribution in [0.5, 0.6) is 0 Å². The summed E-state index contributed by atoms with van der Waals surface area (Å²) in [5.41, 5.74) is 0.0624. The van der Waals surface area contributed by atoms with E-state index in [-0.39, 0.29) is 16.6 Å². The molecule has 2 N–H and O–H groups in total. The molecule has 1 heterocycles. The van der Waals surface area contributed by atoms with Crippen molar-refractivity contribution in [1.82, 2.24) is 15.1 Å². The molecular weight excluding hydrogens is 220 g/mol. The molecule has 0 aliphatic rings. The number of primary sulfonamides is 1. The van der Waals surface area contributed by atoms with Crippen molar-refractivity contribution in [2.45, 2.75) is 5.03 Å². The smallest absolute Gasteiger partial charge is 0.273 e. The number of hydrogen-bond acceptors (Lipinski definition) is 5. The van der Waals surface area contributed by atoms with E-state index < -0.39 is 10.0 Å². The molecule has 0 atom stereocenters. The van der Waals surface area contributed by atoms with Crippen molar-refractivity contribution in [3.05, 3.63) is 17.8 Å². The zero-order valence-corrected chi connectivity index (χ0v) is 9.02. The van der Waals surface area contributed by atoms with Crippen LogP contribution >= 0.6 is 0 Å². The fourth-order valence-electron chi connectivity index (χ4n) is 0.815. The predicted molar refractivity (Wildman–Crippen MR) is 51.4 cm³/mol. The molecule has 0 fully saturated rings. The molecule has 0 spiro atoms. The van der Waals surface area contributed by atoms with Gasteiger partial charge in [0.05, 0.1) is 0 Å². The average Bonchev–Trinajstić information content (AvgIpc) is 2.15. The molecule has 1 aromatic rings. The van der Waals surface area contributed by atoms with Crippen LogP contribution in [0.25, 0.3) is 0 Å². The van der Waals surface area contributed by atoms with Gasteiger partial charge in [-0.15, -0.1) is 10.2 Å². The highest BCUT2D eigenvalue weighted by molar-refractivity contribution is 7.89. The zero-order valence-electron chi connectivity index (χ0n) is 8.21. The second-order valence-electron chi connectivity index (χ2n) is 3.00. The third-order valence-electron chi connectivity index (χ3n) is 1.56. The van der Waals surface area contributed by atoms with Crippen LogP contribution in [0.4, 0.5) is 0 Å². The minimum absolute atomic E-state index is 0.0624. The van der Waals surface area contributed by atoms with Crippen LogP contribution < -0.4 is 5.14 Å². The van der Waals surface area contributed by atoms with E-state index in [1.54, 1.807) is 14.1 Å². The fourth-order valence-corrected chi connectivity index (χ4v) is 1.23. The van der Waals surface area contributed by atoms with Crippen LogP contribution in [-0.2, 0) is 10.0 Å². The predicted octanol–water partition coefficient (Wildman–Crippen LogP) is -1.17. The third kappa shape index (κ3) is 2.70. The number of nitrogens with two attached hydrogens (primary N) is 1. The first kappa shape index (κ1) is 11.5. The van der Waals surface area contributed by atoms with Crippen molar-refractivity contribution in [3.8, 4) is 0 Å². The number of rotatable bonds is 2. The number of nitrogens with zero attached hydrogens (tertiary/aromatic N) is 3. The Bertz CT molecular complexity index is 466. The van der Waals surface area contributed by atoms with Gasteiger partial charge in [0.15, 0.2) is 10.7 Å². The fraction of sp³-hybridized carbons (Fsp3) is 0.286. The van der Waals surface area contributed by atoms with Gasteiger partial charge in [0.1, 0.15) is 0 Å². The lowest BCUT2D eigenvalue weighted by molar-refractivity contribution is 0.0820. The number of carbonyl (C=O) groups is 1. The largest absolute Gasteiger partial charge is 0.343 e. The van der Waals surface area contributed by atoms with Gasteiger partial charge < -0.3 is 4.90 Å². The molecule has 0 radical (unpaired) electrons. The first-order valence-corrected chi connectivity index (χ1v) is 5.45. The Labute approximate surface area is 87.0 Å². The summed E-state index contributed by atoms with van der Waals surface area (Å²) in [6, 6.07) is 2.40. The normalized spacial score (nSPS) is 11.1. The van der Waals surface area contributed by atoms with Crippen molar-refractivity contribution < 1.29 is 13.2 Å². The molecule has 0 saturated heterocycles. The molecular formula is C7H10N4O3S. The lowest BCUT2D eigenvalue weighted by Gasteiger charge is -2.08. The van der Waals surface area contributed by atoms with Crippen molar-refractivity contribution in [1.29, 1.82) is 0 Å². The van der Waals surface area contributed by atoms with E-state index in [4.69, 9.17) is 5.14 Å². The number of sulfonamides is 1. The molecule has 82 valence electrons. The van der Waals surface area contributed by atoms with E-state index in [2.05, 4.69) is 10.2 Å². The number of hydrogen-bond donors (Lipinski definition) is 1. The highest BCUT2D eigenvalue weighted by Crippen LogP contribution is 2.02. The summed E-state index contributed by atoms with van der Waals surface area (Å²) < 4.78 is 21.7. The van der Waals surface area contributed by atoms with E-state index in [9.17, 15) is 13.2 Å². The van der Waals surface area contributed by atoms with Gasteiger partial charge in [-0.25, -0.2) is 13.6 Å². The summed E-state index contributed by atoms with van der Waals surface area (Å²) in [5, 5.41) is 11.3. The Balaban J connectivity index is 3.06. The molecule has 0 aromatic carbocycles. The van der Waals surface area contributed by atoms with Gasteiger partial charge in [-0.3, -0.25) is 4.79 Å². The average molecular weight is 230 g/mol. The van der Waals surface area contributed by atoms with Gasteiger partial charge in [0.2, 0.25) is 0 Å². The van der Waals surface area contributed by atoms with Crippen LogP contribution in [0, 0.1) is 0 Å². The topological polar surface area (TPSA) is 106 Å². The first-order chi connectivity index (χ1) is 6.82. The van der Waals surface area contributed by atoms with Gasteiger partial charge in [0.25, 0.3) is 15.9 Å². The number of amides is 1. The van der Waals surface area contributed by atoms with Crippen molar-refractivity contribution in [3.63, 3.8) is 0 Å². The van der Waals surface area contributed by atoms with Gasteiger partial charge in [-0.1, -0.05) is 0 Å². The molecule has 1 rings (SSSR count). The van der Waals surface area contributed by atoms with Gasteiger partial charge >= 0.3 is 0 Å². The molecule has 0 saturated carbocycles. The maximum atomic E-state index is 11.3. The maximum Gasteiger partial charge on any atom is 0.273 e. The molecule has 0 aliphatic carbocycles. The molecule has 0 aliphatic heterocycles. The van der Waals surface area contributed by atoms with Crippen LogP contribution in [0.2, 0.25) is 0 Å². The minimum atomic E-state index is -3.86. The monoisotopic (exact) mass is 230 g/mol. The molecule has 0 unspecified atom stereocenters. The van der Waals surface area contributed by atoms with Crippen molar-refractivity contribution in [2.24, 2.45) is 5.14 Å². The SMILES string of the molecule is CN(C)C(=O)c1ccc(S(N)(=O)=O)nn1. The van der Waals surface area contributed by atoms with Crippen molar-refractivity contribution >= 4 is 15.9 Å². The second kappa shape index (κ2) is 3.91. The van der Waals surface area contributed by atoms with E-state index >= 15 is 0 Å². The minimum Gasteiger partial charge on any atom is -0.343 e. The van der Waals surface area contributed by atoms with Crippen LogP contribution in [0.15, 0.2) is 17.2 Å². The highest BCUT2D eigenvalue weighted by Gasteiger charge is 2.14. The van der Waals surface area contributed by atoms with E-state index in [1.165, 1.54) is 11.0 Å². The lowest BCUT2D eigenvalue weighted by atomic mass is 10.3. The number of carbonyl (C=O) groups excluding carboxylic acids is 1. The quantitative estimate of drug-likeness (QED) is 0.688. The van der Waals surface area contributed by atoms with E-state index in [1.807, 2.05) is 0 Å². The zero-order chi connectivity index (χ0) is 11.6. The van der Waals surface area contributed by atoms with Crippen LogP contribution in [0.1, 0.15) is 10.5 Å². The molecule has 0 bridgehead atoms.